The molecule has 1 aromatic heterocycles. The Labute approximate surface area is 210 Å². The van der Waals surface area contributed by atoms with Crippen LogP contribution in [0.2, 0.25) is 0 Å². The number of benzene rings is 2. The predicted molar refractivity (Wildman–Crippen MR) is 131 cm³/mol. The van der Waals surface area contributed by atoms with E-state index in [0.29, 0.717) is 21.8 Å². The summed E-state index contributed by atoms with van der Waals surface area (Å²) in [6.45, 7) is 0. The molecular formula is C26H20N4O5S. The zero-order valence-electron chi connectivity index (χ0n) is 19.0. The molecule has 2 aromatic carbocycles. The summed E-state index contributed by atoms with van der Waals surface area (Å²) < 4.78 is 0. The van der Waals surface area contributed by atoms with Gasteiger partial charge >= 0.3 is 0 Å². The van der Waals surface area contributed by atoms with Gasteiger partial charge in [0.05, 0.1) is 22.2 Å². The van der Waals surface area contributed by atoms with Crippen molar-refractivity contribution in [2.24, 2.45) is 5.92 Å². The Morgan fingerprint density at radius 3 is 2.44 bits per heavy atom. The van der Waals surface area contributed by atoms with Crippen LogP contribution >= 0.6 is 11.3 Å². The minimum Gasteiger partial charge on any atom is -0.273 e. The van der Waals surface area contributed by atoms with E-state index in [0.717, 1.165) is 41.0 Å². The van der Waals surface area contributed by atoms with Gasteiger partial charge in [-0.2, -0.15) is 5.26 Å². The van der Waals surface area contributed by atoms with Gasteiger partial charge in [0.25, 0.3) is 11.6 Å². The summed E-state index contributed by atoms with van der Waals surface area (Å²) in [6.07, 6.45) is 2.52. The molecular weight excluding hydrogens is 480 g/mol. The Kier molecular flexibility index (Phi) is 5.32. The maximum absolute atomic E-state index is 13.9. The molecule has 3 aliphatic rings. The van der Waals surface area contributed by atoms with E-state index in [2.05, 4.69) is 6.07 Å². The smallest absolute Gasteiger partial charge is 0.269 e. The van der Waals surface area contributed by atoms with Crippen molar-refractivity contribution in [3.8, 4) is 6.07 Å². The van der Waals surface area contributed by atoms with E-state index in [-0.39, 0.29) is 5.69 Å². The van der Waals surface area contributed by atoms with Crippen LogP contribution in [0.15, 0.2) is 54.6 Å². The van der Waals surface area contributed by atoms with Crippen LogP contribution in [0.3, 0.4) is 0 Å². The van der Waals surface area contributed by atoms with Crippen molar-refractivity contribution < 1.29 is 19.3 Å². The van der Waals surface area contributed by atoms with Crippen LogP contribution < -0.4 is 9.96 Å². The number of rotatable bonds is 4. The van der Waals surface area contributed by atoms with Gasteiger partial charge in [-0.3, -0.25) is 24.5 Å². The van der Waals surface area contributed by atoms with Crippen LogP contribution in [0.25, 0.3) is 0 Å². The summed E-state index contributed by atoms with van der Waals surface area (Å²) in [6, 6.07) is 16.6. The summed E-state index contributed by atoms with van der Waals surface area (Å²) in [5, 5.41) is 23.0. The van der Waals surface area contributed by atoms with Crippen molar-refractivity contribution in [3.05, 3.63) is 86.3 Å². The number of non-ortho nitro benzene ring substituents is 1. The highest BCUT2D eigenvalue weighted by molar-refractivity contribution is 7.17. The van der Waals surface area contributed by atoms with E-state index < -0.39 is 34.8 Å². The van der Waals surface area contributed by atoms with Gasteiger partial charge in [-0.1, -0.05) is 30.3 Å². The average Bonchev–Trinajstić information content (AvgIpc) is 3.54. The number of thiophene rings is 1. The van der Waals surface area contributed by atoms with Crippen LogP contribution in [0.5, 0.6) is 0 Å². The van der Waals surface area contributed by atoms with Crippen molar-refractivity contribution in [2.75, 3.05) is 9.96 Å². The number of anilines is 2. The van der Waals surface area contributed by atoms with Gasteiger partial charge < -0.3 is 0 Å². The molecule has 1 aliphatic carbocycles. The van der Waals surface area contributed by atoms with Gasteiger partial charge in [-0.15, -0.1) is 11.3 Å². The van der Waals surface area contributed by atoms with Gasteiger partial charge in [0.15, 0.2) is 6.10 Å². The molecule has 2 amide bonds. The number of hydrogen-bond donors (Lipinski definition) is 0. The molecule has 3 aromatic rings. The molecule has 3 atom stereocenters. The van der Waals surface area contributed by atoms with E-state index in [9.17, 15) is 25.0 Å². The number of nitriles is 1. The Bertz CT molecular complexity index is 1430. The topological polar surface area (TPSA) is 117 Å². The molecule has 0 saturated carbocycles. The molecule has 0 bridgehead atoms. The van der Waals surface area contributed by atoms with Gasteiger partial charge in [0.2, 0.25) is 5.91 Å². The summed E-state index contributed by atoms with van der Waals surface area (Å²) in [4.78, 5) is 46.6. The summed E-state index contributed by atoms with van der Waals surface area (Å²) in [5.74, 6) is -1.79. The lowest BCUT2D eigenvalue weighted by molar-refractivity contribution is -0.384. The summed E-state index contributed by atoms with van der Waals surface area (Å²) in [7, 11) is 0. The molecule has 2 fully saturated rings. The van der Waals surface area contributed by atoms with Gasteiger partial charge in [-0.05, 0) is 48.9 Å². The van der Waals surface area contributed by atoms with Gasteiger partial charge in [0, 0.05) is 17.0 Å². The second kappa shape index (κ2) is 8.55. The number of hydrogen-bond acceptors (Lipinski definition) is 8. The molecule has 2 saturated heterocycles. The lowest BCUT2D eigenvalue weighted by Crippen LogP contribution is -2.37. The molecule has 0 N–H and O–H groups in total. The number of nitrogens with zero attached hydrogens (tertiary/aromatic N) is 4. The third-order valence-electron chi connectivity index (χ3n) is 7.04. The Balaban J connectivity index is 1.43. The number of hydroxylamine groups is 1. The maximum atomic E-state index is 13.9. The number of nitro groups is 1. The normalized spacial score (nSPS) is 22.9. The lowest BCUT2D eigenvalue weighted by atomic mass is 9.90. The first-order chi connectivity index (χ1) is 17.5. The second-order valence-electron chi connectivity index (χ2n) is 9.02. The minimum atomic E-state index is -1.07. The van der Waals surface area contributed by atoms with E-state index >= 15 is 0 Å². The maximum Gasteiger partial charge on any atom is 0.269 e. The minimum absolute atomic E-state index is 0.0706. The molecule has 6 rings (SSSR count). The quantitative estimate of drug-likeness (QED) is 0.295. The zero-order valence-corrected chi connectivity index (χ0v) is 19.8. The number of nitro benzene ring substituents is 1. The largest absolute Gasteiger partial charge is 0.273 e. The highest BCUT2D eigenvalue weighted by Crippen LogP contribution is 2.50. The molecule has 10 heteroatoms. The Morgan fingerprint density at radius 1 is 1.03 bits per heavy atom. The lowest BCUT2D eigenvalue weighted by Gasteiger charge is -2.28. The third kappa shape index (κ3) is 3.31. The van der Waals surface area contributed by atoms with Crippen molar-refractivity contribution in [2.45, 2.75) is 37.8 Å². The first kappa shape index (κ1) is 22.4. The molecule has 2 aliphatic heterocycles. The number of fused-ring (bicyclic) bond motifs is 2. The fraction of sp³-hybridized carbons (Fsp3) is 0.269. The molecule has 180 valence electrons. The Morgan fingerprint density at radius 2 is 1.75 bits per heavy atom. The zero-order chi connectivity index (χ0) is 25.0. The van der Waals surface area contributed by atoms with Crippen LogP contribution in [0, 0.1) is 27.4 Å². The van der Waals surface area contributed by atoms with Crippen molar-refractivity contribution in [1.29, 1.82) is 5.26 Å². The highest BCUT2D eigenvalue weighted by atomic mass is 32.1. The van der Waals surface area contributed by atoms with E-state index in [1.807, 2.05) is 30.3 Å². The molecule has 0 unspecified atom stereocenters. The van der Waals surface area contributed by atoms with Crippen LogP contribution in [-0.4, -0.2) is 22.8 Å². The number of carbonyl (C=O) groups excluding carboxylic acids is 2. The van der Waals surface area contributed by atoms with Gasteiger partial charge in [0.1, 0.15) is 17.0 Å². The number of amides is 2. The Hall–Kier alpha value is -4.07. The standard InChI is InChI=1S/C26H20N4O5S/c27-14-19-18-8-4-5-9-20(18)36-26(19)28-24(31)21-22(15-10-12-17(13-11-15)30(33)34)29(35-23(21)25(28)32)16-6-2-1-3-7-16/h1-3,6-7,10-13,21-23H,4-5,8-9H2/t21-,22+,23+/m0/s1. The van der Waals surface area contributed by atoms with Crippen molar-refractivity contribution >= 4 is 39.5 Å². The molecule has 9 nitrogen and oxygen atoms in total. The first-order valence-corrected chi connectivity index (χ1v) is 12.5. The summed E-state index contributed by atoms with van der Waals surface area (Å²) >= 11 is 1.35. The average molecular weight is 501 g/mol. The van der Waals surface area contributed by atoms with E-state index in [4.69, 9.17) is 4.84 Å². The second-order valence-corrected chi connectivity index (χ2v) is 10.1. The number of imide groups is 1. The fourth-order valence-corrected chi connectivity index (χ4v) is 6.72. The number of aryl methyl sites for hydroxylation is 1. The first-order valence-electron chi connectivity index (χ1n) is 11.7. The summed E-state index contributed by atoms with van der Waals surface area (Å²) in [5.41, 5.74) is 2.56. The fourth-order valence-electron chi connectivity index (χ4n) is 5.37. The van der Waals surface area contributed by atoms with E-state index in [1.165, 1.54) is 23.5 Å². The predicted octanol–water partition coefficient (Wildman–Crippen LogP) is 4.46. The van der Waals surface area contributed by atoms with Crippen LogP contribution in [0.1, 0.15) is 40.5 Å². The number of carbonyl (C=O) groups is 2. The van der Waals surface area contributed by atoms with Crippen LogP contribution in [-0.2, 0) is 27.3 Å². The monoisotopic (exact) mass is 500 g/mol. The van der Waals surface area contributed by atoms with Gasteiger partial charge in [-0.25, -0.2) is 9.96 Å². The highest BCUT2D eigenvalue weighted by Gasteiger charge is 2.61. The number of para-hydroxylation sites is 1. The van der Waals surface area contributed by atoms with Crippen LogP contribution in [0.4, 0.5) is 16.4 Å². The molecule has 0 spiro atoms. The van der Waals surface area contributed by atoms with Crippen molar-refractivity contribution in [3.63, 3.8) is 0 Å². The third-order valence-corrected chi connectivity index (χ3v) is 8.32. The van der Waals surface area contributed by atoms with Crippen molar-refractivity contribution in [1.82, 2.24) is 0 Å². The molecule has 3 heterocycles. The SMILES string of the molecule is N#Cc1c(N2C(=O)[C@H]3[C@@H](c4ccc([N+](=O)[O-])cc4)N(c4ccccc4)O[C@H]3C2=O)sc2c1CCCC2. The molecule has 0 radical (unpaired) electrons. The van der Waals surface area contributed by atoms with E-state index in [1.54, 1.807) is 17.2 Å². The molecule has 36 heavy (non-hydrogen) atoms.